The minimum atomic E-state index is -0.382. The maximum atomic E-state index is 13.0. The Morgan fingerprint density at radius 3 is 2.19 bits per heavy atom. The zero-order chi connectivity index (χ0) is 19.6. The van der Waals surface area contributed by atoms with Gasteiger partial charge in [-0.15, -0.1) is 0 Å². The van der Waals surface area contributed by atoms with Crippen LogP contribution in [0, 0.1) is 33.5 Å². The van der Waals surface area contributed by atoms with E-state index in [9.17, 15) is 9.18 Å². The van der Waals surface area contributed by atoms with Crippen LogP contribution in [0.3, 0.4) is 0 Å². The number of hydrogen-bond donors (Lipinski definition) is 2. The van der Waals surface area contributed by atoms with Crippen molar-refractivity contribution in [2.75, 3.05) is 10.6 Å². The molecular formula is C21H21FN4O. The third kappa shape index (κ3) is 4.47. The van der Waals surface area contributed by atoms with Crippen molar-refractivity contribution in [2.24, 2.45) is 0 Å². The maximum absolute atomic E-state index is 13.0. The Morgan fingerprint density at radius 1 is 0.926 bits per heavy atom. The van der Waals surface area contributed by atoms with Crippen molar-refractivity contribution in [3.63, 3.8) is 0 Å². The van der Waals surface area contributed by atoms with Crippen molar-refractivity contribution >= 4 is 23.1 Å². The van der Waals surface area contributed by atoms with E-state index >= 15 is 0 Å². The van der Waals surface area contributed by atoms with E-state index in [1.165, 1.54) is 29.8 Å². The van der Waals surface area contributed by atoms with E-state index in [2.05, 4.69) is 39.7 Å². The number of aromatic nitrogens is 2. The highest BCUT2D eigenvalue weighted by molar-refractivity contribution is 6.03. The van der Waals surface area contributed by atoms with Gasteiger partial charge in [0.25, 0.3) is 5.91 Å². The molecule has 2 aromatic carbocycles. The van der Waals surface area contributed by atoms with Crippen LogP contribution >= 0.6 is 0 Å². The van der Waals surface area contributed by atoms with Gasteiger partial charge in [0.15, 0.2) is 0 Å². The second-order valence-electron chi connectivity index (χ2n) is 6.55. The van der Waals surface area contributed by atoms with Crippen LogP contribution in [0.2, 0.25) is 0 Å². The average Bonchev–Trinajstić information content (AvgIpc) is 2.59. The molecule has 0 bridgehead atoms. The van der Waals surface area contributed by atoms with Gasteiger partial charge in [0.1, 0.15) is 23.2 Å². The minimum absolute atomic E-state index is 0.233. The summed E-state index contributed by atoms with van der Waals surface area (Å²) in [5, 5.41) is 6.00. The van der Waals surface area contributed by atoms with Gasteiger partial charge < -0.3 is 10.6 Å². The van der Waals surface area contributed by atoms with Crippen LogP contribution in [0.5, 0.6) is 0 Å². The number of carbonyl (C=O) groups excluding carboxylic acids is 1. The first kappa shape index (κ1) is 18.5. The van der Waals surface area contributed by atoms with E-state index < -0.39 is 0 Å². The molecule has 3 aromatic rings. The molecular weight excluding hydrogens is 343 g/mol. The van der Waals surface area contributed by atoms with Gasteiger partial charge in [-0.3, -0.25) is 4.79 Å². The number of carbonyl (C=O) groups is 1. The first-order valence-electron chi connectivity index (χ1n) is 8.59. The van der Waals surface area contributed by atoms with Crippen molar-refractivity contribution in [2.45, 2.75) is 27.7 Å². The summed E-state index contributed by atoms with van der Waals surface area (Å²) in [6, 6.07) is 11.4. The Labute approximate surface area is 157 Å². The molecule has 0 unspecified atom stereocenters. The smallest absolute Gasteiger partial charge is 0.274 e. The number of aryl methyl sites for hydroxylation is 4. The monoisotopic (exact) mass is 364 g/mol. The molecule has 2 N–H and O–H groups in total. The van der Waals surface area contributed by atoms with Gasteiger partial charge >= 0.3 is 0 Å². The first-order valence-corrected chi connectivity index (χ1v) is 8.59. The number of rotatable bonds is 4. The highest BCUT2D eigenvalue weighted by Gasteiger charge is 2.13. The number of nitrogens with zero attached hydrogens (tertiary/aromatic N) is 2. The molecule has 0 aliphatic carbocycles. The normalized spacial score (nSPS) is 10.6. The highest BCUT2D eigenvalue weighted by atomic mass is 19.1. The fourth-order valence-corrected chi connectivity index (χ4v) is 2.98. The third-order valence-corrected chi connectivity index (χ3v) is 4.10. The molecule has 0 aliphatic heterocycles. The molecule has 1 aromatic heterocycles. The molecule has 0 aliphatic rings. The van der Waals surface area contributed by atoms with Gasteiger partial charge in [-0.2, -0.15) is 0 Å². The summed E-state index contributed by atoms with van der Waals surface area (Å²) in [5.41, 5.74) is 5.08. The van der Waals surface area contributed by atoms with E-state index in [1.54, 1.807) is 13.0 Å². The number of anilines is 3. The Morgan fingerprint density at radius 2 is 1.56 bits per heavy atom. The lowest BCUT2D eigenvalue weighted by molar-refractivity contribution is 0.102. The molecule has 27 heavy (non-hydrogen) atoms. The van der Waals surface area contributed by atoms with Gasteiger partial charge in [0, 0.05) is 17.4 Å². The molecule has 0 saturated carbocycles. The Bertz CT molecular complexity index is 977. The summed E-state index contributed by atoms with van der Waals surface area (Å²) in [4.78, 5) is 21.1. The fraction of sp³-hybridized carbons (Fsp3) is 0.190. The van der Waals surface area contributed by atoms with Crippen LogP contribution in [-0.4, -0.2) is 15.9 Å². The maximum Gasteiger partial charge on any atom is 0.274 e. The molecule has 6 heteroatoms. The van der Waals surface area contributed by atoms with Crippen molar-refractivity contribution in [3.8, 4) is 0 Å². The molecule has 0 spiro atoms. The second kappa shape index (κ2) is 7.53. The summed E-state index contributed by atoms with van der Waals surface area (Å²) in [6.07, 6.45) is 0. The third-order valence-electron chi connectivity index (χ3n) is 4.10. The number of nitrogens with one attached hydrogen (secondary N) is 2. The molecule has 0 atom stereocenters. The quantitative estimate of drug-likeness (QED) is 0.695. The topological polar surface area (TPSA) is 66.9 Å². The van der Waals surface area contributed by atoms with Gasteiger partial charge in [-0.1, -0.05) is 17.7 Å². The predicted octanol–water partition coefficient (Wildman–Crippen LogP) is 4.85. The lowest BCUT2D eigenvalue weighted by Crippen LogP contribution is -2.15. The van der Waals surface area contributed by atoms with Crippen molar-refractivity contribution in [1.82, 2.24) is 9.97 Å². The zero-order valence-corrected chi connectivity index (χ0v) is 15.7. The Balaban J connectivity index is 1.86. The second-order valence-corrected chi connectivity index (χ2v) is 6.55. The summed E-state index contributed by atoms with van der Waals surface area (Å²) in [7, 11) is 0. The number of hydrogen-bond acceptors (Lipinski definition) is 4. The summed E-state index contributed by atoms with van der Waals surface area (Å²) >= 11 is 0. The van der Waals surface area contributed by atoms with Crippen molar-refractivity contribution in [3.05, 3.63) is 76.5 Å². The van der Waals surface area contributed by atoms with E-state index in [0.29, 0.717) is 17.3 Å². The fourth-order valence-electron chi connectivity index (χ4n) is 2.98. The first-order chi connectivity index (χ1) is 12.8. The largest absolute Gasteiger partial charge is 0.340 e. The molecule has 5 nitrogen and oxygen atoms in total. The molecule has 1 heterocycles. The van der Waals surface area contributed by atoms with E-state index in [-0.39, 0.29) is 17.4 Å². The van der Waals surface area contributed by atoms with Crippen LogP contribution in [0.15, 0.2) is 42.5 Å². The Hall–Kier alpha value is -3.28. The molecule has 1 amide bonds. The number of benzene rings is 2. The number of amides is 1. The van der Waals surface area contributed by atoms with Crippen LogP contribution in [0.4, 0.5) is 21.6 Å². The van der Waals surface area contributed by atoms with Gasteiger partial charge in [-0.05, 0) is 63.1 Å². The minimum Gasteiger partial charge on any atom is -0.340 e. The van der Waals surface area contributed by atoms with Gasteiger partial charge in [0.05, 0.1) is 0 Å². The molecule has 0 radical (unpaired) electrons. The van der Waals surface area contributed by atoms with Crippen LogP contribution in [0.25, 0.3) is 0 Å². The van der Waals surface area contributed by atoms with Crippen LogP contribution < -0.4 is 10.6 Å². The van der Waals surface area contributed by atoms with Crippen LogP contribution in [0.1, 0.15) is 33.0 Å². The summed E-state index contributed by atoms with van der Waals surface area (Å²) < 4.78 is 13.0. The Kier molecular flexibility index (Phi) is 5.16. The standard InChI is InChI=1S/C21H21FN4O/c1-12-9-13(2)20(14(3)10-12)26-19-11-18(23-15(4)24-19)21(27)25-17-7-5-16(22)6-8-17/h5-11H,1-4H3,(H,25,27)(H,23,24,26). The lowest BCUT2D eigenvalue weighted by atomic mass is 10.1. The van der Waals surface area contributed by atoms with E-state index in [1.807, 2.05) is 13.8 Å². The summed E-state index contributed by atoms with van der Waals surface area (Å²) in [6.45, 7) is 7.84. The van der Waals surface area contributed by atoms with Gasteiger partial charge in [-0.25, -0.2) is 14.4 Å². The van der Waals surface area contributed by atoms with Crippen LogP contribution in [-0.2, 0) is 0 Å². The van der Waals surface area contributed by atoms with Gasteiger partial charge in [0.2, 0.25) is 0 Å². The highest BCUT2D eigenvalue weighted by Crippen LogP contribution is 2.25. The lowest BCUT2D eigenvalue weighted by Gasteiger charge is -2.14. The van der Waals surface area contributed by atoms with Crippen molar-refractivity contribution < 1.29 is 9.18 Å². The van der Waals surface area contributed by atoms with E-state index in [0.717, 1.165) is 16.8 Å². The predicted molar refractivity (Wildman–Crippen MR) is 105 cm³/mol. The average molecular weight is 364 g/mol. The molecule has 0 saturated heterocycles. The molecule has 0 fully saturated rings. The summed E-state index contributed by atoms with van der Waals surface area (Å²) in [5.74, 6) is 0.280. The van der Waals surface area contributed by atoms with Crippen molar-refractivity contribution in [1.29, 1.82) is 0 Å². The zero-order valence-electron chi connectivity index (χ0n) is 15.7. The molecule has 138 valence electrons. The van der Waals surface area contributed by atoms with E-state index in [4.69, 9.17) is 0 Å². The molecule has 3 rings (SSSR count). The number of halogens is 1. The SMILES string of the molecule is Cc1cc(C)c(Nc2cc(C(=O)Nc3ccc(F)cc3)nc(C)n2)c(C)c1.